The molecule has 0 aliphatic rings. The molecule has 0 spiro atoms. The van der Waals surface area contributed by atoms with Crippen molar-refractivity contribution >= 4 is 21.8 Å². The number of furan rings is 1. The maximum Gasteiger partial charge on any atom is 0.288 e. The molecule has 0 bridgehead atoms. The summed E-state index contributed by atoms with van der Waals surface area (Å²) in [5, 5.41) is 2.02. The molecule has 0 fully saturated rings. The van der Waals surface area contributed by atoms with Crippen LogP contribution in [0.1, 0.15) is 10.6 Å². The maximum atomic E-state index is 12.7. The predicted molar refractivity (Wildman–Crippen MR) is 52.7 cm³/mol. The molecule has 84 valence electrons. The normalized spacial score (nSPS) is 11.5. The smallest absolute Gasteiger partial charge is 0.288 e. The second-order valence-corrected chi connectivity index (χ2v) is 3.69. The summed E-state index contributed by atoms with van der Waals surface area (Å²) < 4.78 is 30.5. The molecule has 0 aliphatic heterocycles. The number of hydrogen-bond acceptors (Lipinski definition) is 3. The van der Waals surface area contributed by atoms with Crippen LogP contribution in [0.3, 0.4) is 0 Å². The van der Waals surface area contributed by atoms with E-state index in [1.165, 1.54) is 12.3 Å². The average Bonchev–Trinajstić information content (AvgIpc) is 2.61. The van der Waals surface area contributed by atoms with Gasteiger partial charge in [-0.05, 0) is 22.0 Å². The maximum absolute atomic E-state index is 12.7. The van der Waals surface area contributed by atoms with Crippen molar-refractivity contribution in [3.8, 4) is 0 Å². The molecule has 1 amide bonds. The van der Waals surface area contributed by atoms with Crippen LogP contribution in [-0.4, -0.2) is 24.9 Å². The van der Waals surface area contributed by atoms with Crippen LogP contribution in [0.15, 0.2) is 21.2 Å². The van der Waals surface area contributed by atoms with Crippen LogP contribution in [-0.2, 0) is 0 Å². The zero-order chi connectivity index (χ0) is 11.5. The van der Waals surface area contributed by atoms with E-state index < -0.39 is 24.9 Å². The first-order chi connectivity index (χ1) is 6.96. The molecule has 0 saturated heterocycles. The van der Waals surface area contributed by atoms with Gasteiger partial charge < -0.3 is 15.5 Å². The number of carbonyl (C=O) groups excluding carboxylic acids is 1. The van der Waals surface area contributed by atoms with Crippen molar-refractivity contribution in [2.24, 2.45) is 5.73 Å². The highest BCUT2D eigenvalue weighted by Gasteiger charge is 2.28. The van der Waals surface area contributed by atoms with Gasteiger partial charge in [-0.2, -0.15) is 0 Å². The van der Waals surface area contributed by atoms with Crippen molar-refractivity contribution in [2.45, 2.75) is 5.92 Å². The topological polar surface area (TPSA) is 68.3 Å². The van der Waals surface area contributed by atoms with E-state index in [1.807, 2.05) is 5.32 Å². The number of halogens is 3. The minimum Gasteiger partial charge on any atom is -0.458 e. The van der Waals surface area contributed by atoms with Gasteiger partial charge in [-0.15, -0.1) is 0 Å². The molecule has 0 aromatic carbocycles. The van der Waals surface area contributed by atoms with E-state index in [-0.39, 0.29) is 5.76 Å². The van der Waals surface area contributed by atoms with Crippen molar-refractivity contribution in [1.82, 2.24) is 5.32 Å². The first-order valence-electron chi connectivity index (χ1n) is 4.05. The van der Waals surface area contributed by atoms with Gasteiger partial charge in [0.2, 0.25) is 5.76 Å². The van der Waals surface area contributed by atoms with Crippen LogP contribution in [0.2, 0.25) is 0 Å². The average molecular weight is 283 g/mol. The largest absolute Gasteiger partial charge is 0.458 e. The lowest BCUT2D eigenvalue weighted by atomic mass is 10.3. The summed E-state index contributed by atoms with van der Waals surface area (Å²) in [4.78, 5) is 11.3. The van der Waals surface area contributed by atoms with Gasteiger partial charge in [0.25, 0.3) is 11.8 Å². The van der Waals surface area contributed by atoms with Crippen LogP contribution in [0.5, 0.6) is 0 Å². The summed E-state index contributed by atoms with van der Waals surface area (Å²) in [5.41, 5.74) is 4.81. The highest BCUT2D eigenvalue weighted by Crippen LogP contribution is 2.17. The Balaban J connectivity index is 2.55. The summed E-state index contributed by atoms with van der Waals surface area (Å²) in [5.74, 6) is -3.85. The van der Waals surface area contributed by atoms with Gasteiger partial charge in [0.05, 0.1) is 23.8 Å². The molecule has 3 N–H and O–H groups in total. The third kappa shape index (κ3) is 3.28. The molecular formula is C8H9BrF2N2O2. The lowest BCUT2D eigenvalue weighted by Gasteiger charge is -2.13. The number of hydrogen-bond donors (Lipinski definition) is 2. The molecule has 1 aromatic rings. The Morgan fingerprint density at radius 3 is 2.80 bits per heavy atom. The molecule has 0 aliphatic carbocycles. The Hall–Kier alpha value is -0.950. The number of nitrogens with two attached hydrogens (primary N) is 1. The first kappa shape index (κ1) is 12.1. The third-order valence-corrected chi connectivity index (χ3v) is 2.25. The zero-order valence-corrected chi connectivity index (χ0v) is 9.18. The number of nitrogens with one attached hydrogen (secondary N) is 1. The van der Waals surface area contributed by atoms with Gasteiger partial charge in [-0.1, -0.05) is 0 Å². The standard InChI is InChI=1S/C8H9BrF2N2O2/c9-5-1-2-15-6(5)7(14)13-4-8(10,11)3-12/h1-2H,3-4,12H2,(H,13,14). The van der Waals surface area contributed by atoms with E-state index in [0.717, 1.165) is 0 Å². The summed E-state index contributed by atoms with van der Waals surface area (Å²) in [6.45, 7) is -1.62. The summed E-state index contributed by atoms with van der Waals surface area (Å²) in [6, 6.07) is 1.50. The molecule has 7 heteroatoms. The van der Waals surface area contributed by atoms with Crippen molar-refractivity contribution in [3.63, 3.8) is 0 Å². The summed E-state index contributed by atoms with van der Waals surface area (Å²) in [6.07, 6.45) is 1.28. The molecule has 0 saturated carbocycles. The Labute approximate surface area is 92.9 Å². The van der Waals surface area contributed by atoms with Gasteiger partial charge in [0.1, 0.15) is 0 Å². The van der Waals surface area contributed by atoms with Gasteiger partial charge in [-0.25, -0.2) is 8.78 Å². The van der Waals surface area contributed by atoms with E-state index in [4.69, 9.17) is 10.2 Å². The van der Waals surface area contributed by atoms with Crippen LogP contribution >= 0.6 is 15.9 Å². The summed E-state index contributed by atoms with van der Waals surface area (Å²) >= 11 is 3.04. The predicted octanol–water partition coefficient (Wildman–Crippen LogP) is 1.37. The second-order valence-electron chi connectivity index (χ2n) is 2.84. The SMILES string of the molecule is NCC(F)(F)CNC(=O)c1occc1Br. The highest BCUT2D eigenvalue weighted by molar-refractivity contribution is 9.10. The van der Waals surface area contributed by atoms with Crippen LogP contribution in [0, 0.1) is 0 Å². The zero-order valence-electron chi connectivity index (χ0n) is 7.60. The van der Waals surface area contributed by atoms with Crippen molar-refractivity contribution in [3.05, 3.63) is 22.6 Å². The Bertz CT molecular complexity index is 354. The molecule has 15 heavy (non-hydrogen) atoms. The number of rotatable bonds is 4. The molecule has 0 radical (unpaired) electrons. The quantitative estimate of drug-likeness (QED) is 0.876. The molecule has 4 nitrogen and oxygen atoms in total. The molecule has 1 heterocycles. The van der Waals surface area contributed by atoms with E-state index in [0.29, 0.717) is 4.47 Å². The minimum absolute atomic E-state index is 0.0391. The first-order valence-corrected chi connectivity index (χ1v) is 4.84. The van der Waals surface area contributed by atoms with E-state index >= 15 is 0 Å². The number of alkyl halides is 2. The fourth-order valence-corrected chi connectivity index (χ4v) is 1.20. The minimum atomic E-state index is -3.10. The molecule has 1 aromatic heterocycles. The van der Waals surface area contributed by atoms with E-state index in [1.54, 1.807) is 0 Å². The van der Waals surface area contributed by atoms with Crippen molar-refractivity contribution in [2.75, 3.05) is 13.1 Å². The fraction of sp³-hybridized carbons (Fsp3) is 0.375. The fourth-order valence-electron chi connectivity index (χ4n) is 0.818. The second kappa shape index (κ2) is 4.71. The lowest BCUT2D eigenvalue weighted by molar-refractivity contribution is 0.0115. The molecule has 1 rings (SSSR count). The lowest BCUT2D eigenvalue weighted by Crippen LogP contribution is -2.41. The van der Waals surface area contributed by atoms with E-state index in [2.05, 4.69) is 15.9 Å². The van der Waals surface area contributed by atoms with Gasteiger partial charge in [0, 0.05) is 0 Å². The van der Waals surface area contributed by atoms with Gasteiger partial charge in [0.15, 0.2) is 0 Å². The number of carbonyl (C=O) groups is 1. The summed E-state index contributed by atoms with van der Waals surface area (Å²) in [7, 11) is 0. The Kier molecular flexibility index (Phi) is 3.81. The molecular weight excluding hydrogens is 274 g/mol. The highest BCUT2D eigenvalue weighted by atomic mass is 79.9. The Morgan fingerprint density at radius 1 is 1.67 bits per heavy atom. The van der Waals surface area contributed by atoms with E-state index in [9.17, 15) is 13.6 Å². The van der Waals surface area contributed by atoms with Crippen LogP contribution in [0.25, 0.3) is 0 Å². The van der Waals surface area contributed by atoms with Gasteiger partial charge >= 0.3 is 0 Å². The van der Waals surface area contributed by atoms with Crippen molar-refractivity contribution < 1.29 is 18.0 Å². The van der Waals surface area contributed by atoms with Crippen LogP contribution in [0.4, 0.5) is 8.78 Å². The molecule has 0 unspecified atom stereocenters. The van der Waals surface area contributed by atoms with Gasteiger partial charge in [-0.3, -0.25) is 4.79 Å². The number of amides is 1. The van der Waals surface area contributed by atoms with Crippen molar-refractivity contribution in [1.29, 1.82) is 0 Å². The molecule has 0 atom stereocenters. The van der Waals surface area contributed by atoms with Crippen LogP contribution < -0.4 is 11.1 Å². The monoisotopic (exact) mass is 282 g/mol. The third-order valence-electron chi connectivity index (χ3n) is 1.63. The Morgan fingerprint density at radius 2 is 2.33 bits per heavy atom.